The Morgan fingerprint density at radius 3 is 2.56 bits per heavy atom. The summed E-state index contributed by atoms with van der Waals surface area (Å²) in [4.78, 5) is 29.0. The topological polar surface area (TPSA) is 52.7 Å². The van der Waals surface area contributed by atoms with Gasteiger partial charge >= 0.3 is 0 Å². The molecule has 2 amide bonds. The number of benzene rings is 1. The monoisotopic (exact) mass is 445 g/mol. The van der Waals surface area contributed by atoms with Crippen molar-refractivity contribution in [3.8, 4) is 0 Å². The van der Waals surface area contributed by atoms with Gasteiger partial charge in [-0.1, -0.05) is 40.9 Å². The second kappa shape index (κ2) is 8.80. The van der Waals surface area contributed by atoms with Gasteiger partial charge in [-0.3, -0.25) is 14.5 Å². The van der Waals surface area contributed by atoms with Gasteiger partial charge in [-0.2, -0.15) is 0 Å². The first kappa shape index (κ1) is 20.4. The lowest BCUT2D eigenvalue weighted by molar-refractivity contribution is -0.122. The minimum atomic E-state index is -0.121. The van der Waals surface area contributed by atoms with E-state index in [1.165, 1.54) is 11.3 Å². The van der Waals surface area contributed by atoms with Crippen LogP contribution >= 0.6 is 46.1 Å². The van der Waals surface area contributed by atoms with Crippen LogP contribution in [0.2, 0.25) is 15.1 Å². The summed E-state index contributed by atoms with van der Waals surface area (Å²) >= 11 is 20.0. The van der Waals surface area contributed by atoms with Gasteiger partial charge in [0.05, 0.1) is 16.6 Å². The van der Waals surface area contributed by atoms with E-state index in [0.717, 1.165) is 4.70 Å². The van der Waals surface area contributed by atoms with E-state index in [1.54, 1.807) is 23.1 Å². The van der Waals surface area contributed by atoms with Crippen molar-refractivity contribution >= 4 is 68.0 Å². The second-order valence-corrected chi connectivity index (χ2v) is 8.44. The van der Waals surface area contributed by atoms with E-state index in [1.807, 2.05) is 4.90 Å². The molecule has 0 unspecified atom stereocenters. The normalized spacial score (nSPS) is 15.1. The number of carbonyl (C=O) groups excluding carboxylic acids is 2. The molecule has 1 aromatic heterocycles. The number of nitrogens with zero attached hydrogens (tertiary/aromatic N) is 2. The Bertz CT molecular complexity index is 892. The maximum absolute atomic E-state index is 12.9. The summed E-state index contributed by atoms with van der Waals surface area (Å²) in [6.07, 6.45) is 1.64. The summed E-state index contributed by atoms with van der Waals surface area (Å²) in [7, 11) is 0. The lowest BCUT2D eigenvalue weighted by Crippen LogP contribution is -2.51. The van der Waals surface area contributed by atoms with Crippen LogP contribution < -0.4 is 5.32 Å². The van der Waals surface area contributed by atoms with Crippen LogP contribution in [0.3, 0.4) is 0 Å². The summed E-state index contributed by atoms with van der Waals surface area (Å²) < 4.78 is 0.790. The van der Waals surface area contributed by atoms with Crippen molar-refractivity contribution in [3.63, 3.8) is 0 Å². The highest BCUT2D eigenvalue weighted by atomic mass is 35.5. The van der Waals surface area contributed by atoms with Crippen molar-refractivity contribution in [2.75, 3.05) is 39.3 Å². The minimum Gasteiger partial charge on any atom is -0.352 e. The standard InChI is InChI=1S/C18H18Cl3N3O2S/c1-2-3-22-14(25)10-23-4-6-24(7-5-23)18(26)17-16(21)15-12(20)8-11(19)9-13(15)27-17/h2,8-9H,1,3-7,10H2,(H,22,25). The zero-order valence-corrected chi connectivity index (χ0v) is 17.5. The molecule has 0 bridgehead atoms. The van der Waals surface area contributed by atoms with Gasteiger partial charge in [0.2, 0.25) is 5.91 Å². The molecule has 1 N–H and O–H groups in total. The van der Waals surface area contributed by atoms with Gasteiger partial charge in [-0.15, -0.1) is 17.9 Å². The number of piperazine rings is 1. The highest BCUT2D eigenvalue weighted by Crippen LogP contribution is 2.41. The van der Waals surface area contributed by atoms with E-state index >= 15 is 0 Å². The molecule has 2 heterocycles. The average molecular weight is 447 g/mol. The number of thiophene rings is 1. The molecular weight excluding hydrogens is 429 g/mol. The number of halogens is 3. The molecule has 1 aliphatic heterocycles. The smallest absolute Gasteiger partial charge is 0.265 e. The van der Waals surface area contributed by atoms with Crippen molar-refractivity contribution in [2.24, 2.45) is 0 Å². The molecule has 0 radical (unpaired) electrons. The third kappa shape index (κ3) is 4.58. The van der Waals surface area contributed by atoms with Gasteiger partial charge in [-0.05, 0) is 12.1 Å². The summed E-state index contributed by atoms with van der Waals surface area (Å²) in [6.45, 7) is 6.66. The Labute approximate surface area is 176 Å². The second-order valence-electron chi connectivity index (χ2n) is 6.17. The SMILES string of the molecule is C=CCNC(=O)CN1CCN(C(=O)c2sc3cc(Cl)cc(Cl)c3c2Cl)CC1. The number of hydrogen-bond donors (Lipinski definition) is 1. The van der Waals surface area contributed by atoms with Crippen LogP contribution in [0.5, 0.6) is 0 Å². The van der Waals surface area contributed by atoms with E-state index in [0.29, 0.717) is 64.6 Å². The Balaban J connectivity index is 1.67. The molecule has 27 heavy (non-hydrogen) atoms. The fourth-order valence-electron chi connectivity index (χ4n) is 2.95. The van der Waals surface area contributed by atoms with Gasteiger partial charge in [0.15, 0.2) is 0 Å². The van der Waals surface area contributed by atoms with Crippen molar-refractivity contribution in [1.82, 2.24) is 15.1 Å². The predicted octanol–water partition coefficient (Wildman–Crippen LogP) is 3.92. The lowest BCUT2D eigenvalue weighted by Gasteiger charge is -2.34. The number of rotatable bonds is 5. The Hall–Kier alpha value is -1.31. The quantitative estimate of drug-likeness (QED) is 0.708. The number of carbonyl (C=O) groups is 2. The molecule has 0 aliphatic carbocycles. The Morgan fingerprint density at radius 1 is 1.19 bits per heavy atom. The molecule has 144 valence electrons. The van der Waals surface area contributed by atoms with Crippen LogP contribution in [-0.2, 0) is 4.79 Å². The van der Waals surface area contributed by atoms with E-state index in [-0.39, 0.29) is 11.8 Å². The number of fused-ring (bicyclic) bond motifs is 1. The maximum atomic E-state index is 12.9. The highest BCUT2D eigenvalue weighted by Gasteiger charge is 2.27. The van der Waals surface area contributed by atoms with Gasteiger partial charge in [0.1, 0.15) is 4.88 Å². The van der Waals surface area contributed by atoms with Gasteiger partial charge in [0.25, 0.3) is 5.91 Å². The van der Waals surface area contributed by atoms with Crippen molar-refractivity contribution in [1.29, 1.82) is 0 Å². The molecule has 1 saturated heterocycles. The fourth-order valence-corrected chi connectivity index (χ4v) is 5.29. The molecule has 0 atom stereocenters. The average Bonchev–Trinajstić information content (AvgIpc) is 2.96. The van der Waals surface area contributed by atoms with Crippen LogP contribution in [0.4, 0.5) is 0 Å². The van der Waals surface area contributed by atoms with Crippen molar-refractivity contribution in [2.45, 2.75) is 0 Å². The molecule has 3 rings (SSSR count). The van der Waals surface area contributed by atoms with E-state index in [9.17, 15) is 9.59 Å². The van der Waals surface area contributed by atoms with Gasteiger partial charge in [0, 0.05) is 47.8 Å². The molecule has 1 fully saturated rings. The molecule has 0 spiro atoms. The van der Waals surface area contributed by atoms with Crippen LogP contribution in [-0.4, -0.2) is 60.9 Å². The third-order valence-corrected chi connectivity index (χ3v) is 6.45. The molecular formula is C18H18Cl3N3O2S. The summed E-state index contributed by atoms with van der Waals surface area (Å²) in [5.74, 6) is -0.169. The number of hydrogen-bond acceptors (Lipinski definition) is 4. The van der Waals surface area contributed by atoms with Crippen LogP contribution in [0.15, 0.2) is 24.8 Å². The molecule has 1 aliphatic rings. The predicted molar refractivity (Wildman–Crippen MR) is 112 cm³/mol. The third-order valence-electron chi connectivity index (χ3n) is 4.31. The van der Waals surface area contributed by atoms with Crippen molar-refractivity contribution < 1.29 is 9.59 Å². The van der Waals surface area contributed by atoms with Gasteiger partial charge in [-0.25, -0.2) is 0 Å². The molecule has 2 aromatic rings. The number of amides is 2. The Morgan fingerprint density at radius 2 is 1.89 bits per heavy atom. The van der Waals surface area contributed by atoms with Crippen LogP contribution in [0.25, 0.3) is 10.1 Å². The first-order valence-electron chi connectivity index (χ1n) is 8.37. The Kier molecular flexibility index (Phi) is 6.65. The fraction of sp³-hybridized carbons (Fsp3) is 0.333. The lowest BCUT2D eigenvalue weighted by atomic mass is 10.2. The first-order valence-corrected chi connectivity index (χ1v) is 10.3. The maximum Gasteiger partial charge on any atom is 0.265 e. The van der Waals surface area contributed by atoms with Crippen molar-refractivity contribution in [3.05, 3.63) is 44.7 Å². The van der Waals surface area contributed by atoms with Crippen LogP contribution in [0.1, 0.15) is 9.67 Å². The zero-order valence-electron chi connectivity index (χ0n) is 14.4. The zero-order chi connectivity index (χ0) is 19.6. The first-order chi connectivity index (χ1) is 12.9. The summed E-state index contributed by atoms with van der Waals surface area (Å²) in [5.41, 5.74) is 0. The van der Waals surface area contributed by atoms with E-state index < -0.39 is 0 Å². The minimum absolute atomic E-state index is 0.0475. The highest BCUT2D eigenvalue weighted by molar-refractivity contribution is 7.21. The van der Waals surface area contributed by atoms with E-state index in [2.05, 4.69) is 11.9 Å². The summed E-state index contributed by atoms with van der Waals surface area (Å²) in [6, 6.07) is 3.38. The summed E-state index contributed by atoms with van der Waals surface area (Å²) in [5, 5.41) is 4.73. The van der Waals surface area contributed by atoms with E-state index in [4.69, 9.17) is 34.8 Å². The molecule has 9 heteroatoms. The molecule has 0 saturated carbocycles. The largest absolute Gasteiger partial charge is 0.352 e. The molecule has 5 nitrogen and oxygen atoms in total. The number of nitrogens with one attached hydrogen (secondary N) is 1. The van der Waals surface area contributed by atoms with Gasteiger partial charge < -0.3 is 10.2 Å². The van der Waals surface area contributed by atoms with Crippen LogP contribution in [0, 0.1) is 0 Å². The molecule has 1 aromatic carbocycles.